The molecule has 1 aromatic rings. The largest absolute Gasteiger partial charge is 0.381 e. The zero-order valence-corrected chi connectivity index (χ0v) is 18.7. The van der Waals surface area contributed by atoms with Crippen LogP contribution in [0.1, 0.15) is 44.2 Å². The van der Waals surface area contributed by atoms with Gasteiger partial charge in [-0.15, -0.1) is 0 Å². The smallest absolute Gasteiger partial charge is 0.191 e. The summed E-state index contributed by atoms with van der Waals surface area (Å²) < 4.78 is 5.68. The molecular weight excluding hydrogens is 376 g/mol. The van der Waals surface area contributed by atoms with Crippen molar-refractivity contribution in [1.29, 1.82) is 0 Å². The van der Waals surface area contributed by atoms with Crippen molar-refractivity contribution in [1.82, 2.24) is 20.5 Å². The van der Waals surface area contributed by atoms with Crippen LogP contribution < -0.4 is 15.5 Å². The summed E-state index contributed by atoms with van der Waals surface area (Å²) in [6, 6.07) is 6.73. The van der Waals surface area contributed by atoms with Gasteiger partial charge in [0.25, 0.3) is 0 Å². The van der Waals surface area contributed by atoms with Gasteiger partial charge < -0.3 is 20.3 Å². The fourth-order valence-electron chi connectivity index (χ4n) is 5.14. The van der Waals surface area contributed by atoms with Crippen LogP contribution in [-0.2, 0) is 4.74 Å². The molecule has 3 saturated heterocycles. The second-order valence-electron chi connectivity index (χ2n) is 9.00. The highest BCUT2D eigenvalue weighted by Gasteiger charge is 2.39. The summed E-state index contributed by atoms with van der Waals surface area (Å²) in [6.45, 7) is 9.24. The van der Waals surface area contributed by atoms with E-state index in [9.17, 15) is 0 Å². The first kappa shape index (κ1) is 21.4. The van der Waals surface area contributed by atoms with E-state index in [0.717, 1.165) is 76.0 Å². The van der Waals surface area contributed by atoms with Crippen molar-refractivity contribution in [3.05, 3.63) is 23.9 Å². The molecule has 0 saturated carbocycles. The number of hydrogen-bond acceptors (Lipinski definition) is 5. The summed E-state index contributed by atoms with van der Waals surface area (Å²) in [5.74, 6) is 2.04. The number of rotatable bonds is 5. The summed E-state index contributed by atoms with van der Waals surface area (Å²) in [6.07, 6.45) is 7.06. The molecule has 166 valence electrons. The molecular formula is C23H38N6O. The number of guanidine groups is 1. The van der Waals surface area contributed by atoms with Gasteiger partial charge in [0.2, 0.25) is 0 Å². The van der Waals surface area contributed by atoms with Crippen LogP contribution >= 0.6 is 0 Å². The maximum Gasteiger partial charge on any atom is 0.191 e. The number of aromatic nitrogens is 1. The third kappa shape index (κ3) is 5.06. The number of hydrogen-bond donors (Lipinski definition) is 2. The van der Waals surface area contributed by atoms with Gasteiger partial charge in [-0.2, -0.15) is 0 Å². The highest BCUT2D eigenvalue weighted by atomic mass is 16.5. The van der Waals surface area contributed by atoms with E-state index in [1.165, 1.54) is 25.9 Å². The van der Waals surface area contributed by atoms with E-state index in [1.54, 1.807) is 0 Å². The van der Waals surface area contributed by atoms with Gasteiger partial charge in [-0.3, -0.25) is 9.89 Å². The molecule has 0 amide bonds. The van der Waals surface area contributed by atoms with Gasteiger partial charge in [-0.1, -0.05) is 6.07 Å². The summed E-state index contributed by atoms with van der Waals surface area (Å²) >= 11 is 0. The highest BCUT2D eigenvalue weighted by molar-refractivity contribution is 5.80. The average Bonchev–Trinajstić information content (AvgIpc) is 3.33. The van der Waals surface area contributed by atoms with Gasteiger partial charge >= 0.3 is 0 Å². The lowest BCUT2D eigenvalue weighted by atomic mass is 9.88. The van der Waals surface area contributed by atoms with E-state index in [2.05, 4.69) is 55.5 Å². The number of aliphatic imine (C=N–C) groups is 1. The Labute approximate surface area is 181 Å². The maximum absolute atomic E-state index is 5.68. The molecule has 2 N–H and O–H groups in total. The molecule has 1 aromatic heterocycles. The van der Waals surface area contributed by atoms with E-state index in [1.807, 2.05) is 7.05 Å². The zero-order valence-electron chi connectivity index (χ0n) is 18.7. The Morgan fingerprint density at radius 1 is 1.17 bits per heavy atom. The second kappa shape index (κ2) is 9.96. The summed E-state index contributed by atoms with van der Waals surface area (Å²) in [5.41, 5.74) is 1.30. The van der Waals surface area contributed by atoms with Crippen molar-refractivity contribution >= 4 is 11.8 Å². The molecule has 0 aromatic carbocycles. The molecule has 3 aliphatic rings. The van der Waals surface area contributed by atoms with Gasteiger partial charge in [-0.25, -0.2) is 4.98 Å². The number of anilines is 1. The van der Waals surface area contributed by atoms with Crippen molar-refractivity contribution < 1.29 is 4.74 Å². The third-order valence-electron chi connectivity index (χ3n) is 7.04. The fraction of sp³-hybridized carbons (Fsp3) is 0.739. The molecule has 7 heteroatoms. The van der Waals surface area contributed by atoms with E-state index in [0.29, 0.717) is 6.04 Å². The van der Waals surface area contributed by atoms with Crippen LogP contribution in [0, 0.1) is 6.92 Å². The number of nitrogens with zero attached hydrogens (tertiary/aromatic N) is 4. The monoisotopic (exact) mass is 414 g/mol. The Kier molecular flexibility index (Phi) is 7.10. The SMILES string of the molecule is CN=C(NCC1(N2CCCC2)CCOCC1)NC1CCN(c2cccc(C)n2)CC1. The summed E-state index contributed by atoms with van der Waals surface area (Å²) in [4.78, 5) is 14.3. The van der Waals surface area contributed by atoms with Crippen LogP contribution in [0.5, 0.6) is 0 Å². The number of likely N-dealkylation sites (tertiary alicyclic amines) is 1. The molecule has 30 heavy (non-hydrogen) atoms. The van der Waals surface area contributed by atoms with Crippen LogP contribution in [0.2, 0.25) is 0 Å². The molecule has 0 spiro atoms. The van der Waals surface area contributed by atoms with Crippen molar-refractivity contribution in [2.45, 2.75) is 57.0 Å². The van der Waals surface area contributed by atoms with Gasteiger partial charge in [0.15, 0.2) is 5.96 Å². The van der Waals surface area contributed by atoms with Crippen molar-refractivity contribution in [3.8, 4) is 0 Å². The number of piperidine rings is 1. The quantitative estimate of drug-likeness (QED) is 0.569. The first-order valence-corrected chi connectivity index (χ1v) is 11.7. The minimum absolute atomic E-state index is 0.215. The van der Waals surface area contributed by atoms with Gasteiger partial charge in [0.1, 0.15) is 5.82 Å². The van der Waals surface area contributed by atoms with Crippen LogP contribution in [-0.4, -0.2) is 80.4 Å². The summed E-state index contributed by atoms with van der Waals surface area (Å²) in [5, 5.41) is 7.35. The van der Waals surface area contributed by atoms with Crippen molar-refractivity contribution in [2.75, 3.05) is 57.9 Å². The number of aryl methyl sites for hydroxylation is 1. The van der Waals surface area contributed by atoms with Gasteiger partial charge in [0.05, 0.1) is 0 Å². The number of pyridine rings is 1. The van der Waals surface area contributed by atoms with E-state index in [-0.39, 0.29) is 5.54 Å². The average molecular weight is 415 g/mol. The predicted molar refractivity (Wildman–Crippen MR) is 122 cm³/mol. The Hall–Kier alpha value is -1.86. The second-order valence-corrected chi connectivity index (χ2v) is 9.00. The first-order valence-electron chi connectivity index (χ1n) is 11.7. The van der Waals surface area contributed by atoms with Gasteiger partial charge in [0, 0.05) is 57.2 Å². The molecule has 4 heterocycles. The minimum atomic E-state index is 0.215. The van der Waals surface area contributed by atoms with Crippen molar-refractivity contribution in [3.63, 3.8) is 0 Å². The molecule has 4 rings (SSSR count). The van der Waals surface area contributed by atoms with E-state index < -0.39 is 0 Å². The Balaban J connectivity index is 1.28. The standard InChI is InChI=1S/C23H38N6O/c1-19-6-5-7-21(26-19)28-14-8-20(9-15-28)27-22(24-2)25-18-23(10-16-30-17-11-23)29-12-3-4-13-29/h5-7,20H,3-4,8-18H2,1-2H3,(H2,24,25,27). The summed E-state index contributed by atoms with van der Waals surface area (Å²) in [7, 11) is 1.88. The molecule has 0 atom stereocenters. The Bertz CT molecular complexity index is 703. The number of ether oxygens (including phenoxy) is 1. The highest BCUT2D eigenvalue weighted by Crippen LogP contribution is 2.30. The van der Waals surface area contributed by atoms with Crippen LogP contribution in [0.15, 0.2) is 23.2 Å². The third-order valence-corrected chi connectivity index (χ3v) is 7.04. The predicted octanol–water partition coefficient (Wildman–Crippen LogP) is 2.17. The Morgan fingerprint density at radius 2 is 1.90 bits per heavy atom. The van der Waals surface area contributed by atoms with Crippen LogP contribution in [0.4, 0.5) is 5.82 Å². The lowest BCUT2D eigenvalue weighted by Crippen LogP contribution is -2.59. The van der Waals surface area contributed by atoms with Crippen LogP contribution in [0.3, 0.4) is 0 Å². The fourth-order valence-corrected chi connectivity index (χ4v) is 5.14. The topological polar surface area (TPSA) is 65.0 Å². The minimum Gasteiger partial charge on any atom is -0.381 e. The molecule has 3 aliphatic heterocycles. The normalized spacial score (nSPS) is 23.5. The molecule has 0 radical (unpaired) electrons. The number of nitrogens with one attached hydrogen (secondary N) is 2. The maximum atomic E-state index is 5.68. The molecule has 0 aliphatic carbocycles. The first-order chi connectivity index (χ1) is 14.7. The van der Waals surface area contributed by atoms with E-state index >= 15 is 0 Å². The molecule has 0 bridgehead atoms. The molecule has 7 nitrogen and oxygen atoms in total. The van der Waals surface area contributed by atoms with E-state index in [4.69, 9.17) is 4.74 Å². The Morgan fingerprint density at radius 3 is 2.57 bits per heavy atom. The lowest BCUT2D eigenvalue weighted by Gasteiger charge is -2.45. The van der Waals surface area contributed by atoms with Gasteiger partial charge in [-0.05, 0) is 70.7 Å². The lowest BCUT2D eigenvalue weighted by molar-refractivity contribution is -0.0164. The van der Waals surface area contributed by atoms with Crippen molar-refractivity contribution in [2.24, 2.45) is 4.99 Å². The molecule has 0 unspecified atom stereocenters. The zero-order chi connectivity index (χ0) is 20.8. The molecule has 3 fully saturated rings. The van der Waals surface area contributed by atoms with Crippen LogP contribution in [0.25, 0.3) is 0 Å².